The Kier molecular flexibility index (Phi) is 7.84. The van der Waals surface area contributed by atoms with Gasteiger partial charge in [0.25, 0.3) is 5.91 Å². The van der Waals surface area contributed by atoms with E-state index in [0.717, 1.165) is 83.9 Å². The zero-order valence-electron chi connectivity index (χ0n) is 27.8. The number of amides is 1. The molecule has 0 N–H and O–H groups in total. The van der Waals surface area contributed by atoms with Crippen LogP contribution in [0.3, 0.4) is 0 Å². The van der Waals surface area contributed by atoms with E-state index >= 15 is 0 Å². The Hall–Kier alpha value is -4.27. The molecule has 1 aliphatic rings. The van der Waals surface area contributed by atoms with Crippen molar-refractivity contribution in [3.63, 3.8) is 0 Å². The van der Waals surface area contributed by atoms with Crippen LogP contribution in [0.4, 0.5) is 5.69 Å². The second kappa shape index (κ2) is 11.8. The number of hydrogen-bond donors (Lipinski definition) is 0. The smallest absolute Gasteiger partial charge is 0.275 e. The van der Waals surface area contributed by atoms with Gasteiger partial charge in [-0.15, -0.1) is 0 Å². The minimum Gasteiger partial charge on any atom is -0.494 e. The molecule has 242 valence electrons. The Balaban J connectivity index is 1.37. The summed E-state index contributed by atoms with van der Waals surface area (Å²) in [5, 5.41) is 12.7. The number of nitrogens with zero attached hydrogens (tertiary/aromatic N) is 6. The highest BCUT2D eigenvalue weighted by Crippen LogP contribution is 2.45. The summed E-state index contributed by atoms with van der Waals surface area (Å²) in [6.07, 6.45) is 3.35. The fraction of sp³-hybridized carbons (Fsp3) is 0.324. The highest BCUT2D eigenvalue weighted by molar-refractivity contribution is 6.35. The first-order chi connectivity index (χ1) is 22.5. The Bertz CT molecular complexity index is 2200. The molecule has 6 aromatic rings. The molecule has 0 bridgehead atoms. The van der Waals surface area contributed by atoms with Gasteiger partial charge in [-0.1, -0.05) is 35.3 Å². The maximum Gasteiger partial charge on any atom is 0.275 e. The molecule has 0 unspecified atom stereocenters. The van der Waals surface area contributed by atoms with Gasteiger partial charge in [0.15, 0.2) is 0 Å². The minimum atomic E-state index is -0.0309. The highest BCUT2D eigenvalue weighted by atomic mass is 35.5. The molecular weight excluding hydrogens is 631 g/mol. The van der Waals surface area contributed by atoms with Crippen molar-refractivity contribution in [2.45, 2.75) is 53.5 Å². The van der Waals surface area contributed by atoms with Crippen molar-refractivity contribution in [2.75, 3.05) is 18.1 Å². The number of aryl methyl sites for hydroxylation is 6. The van der Waals surface area contributed by atoms with Gasteiger partial charge in [0.1, 0.15) is 11.4 Å². The number of rotatable bonds is 7. The Labute approximate surface area is 284 Å². The summed E-state index contributed by atoms with van der Waals surface area (Å²) >= 11 is 13.5. The number of benzene rings is 3. The molecule has 0 aliphatic carbocycles. The average Bonchev–Trinajstić information content (AvgIpc) is 3.66. The van der Waals surface area contributed by atoms with Crippen LogP contribution in [0.2, 0.25) is 10.0 Å². The van der Waals surface area contributed by atoms with Gasteiger partial charge in [0.05, 0.1) is 34.0 Å². The fourth-order valence-corrected chi connectivity index (χ4v) is 7.67. The van der Waals surface area contributed by atoms with E-state index in [9.17, 15) is 4.79 Å². The molecule has 4 heterocycles. The summed E-state index contributed by atoms with van der Waals surface area (Å²) in [6, 6.07) is 13.9. The number of halogens is 2. The SMILES string of the molecule is Cc1cc(OCCCc2c3n(c4c(-c5c(C)nn(C)c5C)c(Cl)ccc24)[C@H](C)CN(c2cccc4nn(C)cc24)C3=O)cc(C)c1Cl. The summed E-state index contributed by atoms with van der Waals surface area (Å²) in [5.41, 5.74) is 10.2. The molecule has 0 saturated heterocycles. The lowest BCUT2D eigenvalue weighted by Gasteiger charge is -2.34. The number of ether oxygens (including phenoxy) is 1. The van der Waals surface area contributed by atoms with Gasteiger partial charge in [0, 0.05) is 65.5 Å². The normalized spacial score (nSPS) is 14.9. The summed E-state index contributed by atoms with van der Waals surface area (Å²) < 4.78 is 12.1. The maximum absolute atomic E-state index is 14.8. The van der Waals surface area contributed by atoms with Crippen LogP contribution >= 0.6 is 23.2 Å². The standard InChI is InChI=1S/C37H38Cl2N6O2/c1-20-16-25(17-21(2)34(20)39)47-15-9-10-26-27-13-14-29(38)33(32-23(4)40-43(7)24(32)5)35(27)45-22(3)18-44(37(46)36(26)45)31-12-8-11-30-28(31)19-42(6)41-30/h8,11-14,16-17,19,22H,9-10,15,18H2,1-7H3/t22-/m1/s1. The minimum absolute atomic E-state index is 0.0303. The summed E-state index contributed by atoms with van der Waals surface area (Å²) in [7, 11) is 3.86. The number of hydrogen-bond acceptors (Lipinski definition) is 4. The van der Waals surface area contributed by atoms with Crippen molar-refractivity contribution < 1.29 is 9.53 Å². The Morgan fingerprint density at radius 3 is 2.40 bits per heavy atom. The van der Waals surface area contributed by atoms with Crippen LogP contribution in [0.5, 0.6) is 5.75 Å². The van der Waals surface area contributed by atoms with E-state index in [1.165, 1.54) is 0 Å². The van der Waals surface area contributed by atoms with Crippen LogP contribution in [-0.2, 0) is 20.5 Å². The molecule has 7 rings (SSSR count). The third kappa shape index (κ3) is 5.09. The van der Waals surface area contributed by atoms with Gasteiger partial charge in [-0.2, -0.15) is 10.2 Å². The van der Waals surface area contributed by atoms with Crippen molar-refractivity contribution in [1.29, 1.82) is 0 Å². The molecule has 1 atom stereocenters. The molecule has 1 amide bonds. The summed E-state index contributed by atoms with van der Waals surface area (Å²) in [5.74, 6) is 0.766. The van der Waals surface area contributed by atoms with E-state index in [2.05, 4.69) is 29.6 Å². The molecule has 0 fully saturated rings. The molecule has 0 spiro atoms. The van der Waals surface area contributed by atoms with E-state index < -0.39 is 0 Å². The van der Waals surface area contributed by atoms with Gasteiger partial charge >= 0.3 is 0 Å². The van der Waals surface area contributed by atoms with Gasteiger partial charge in [-0.05, 0) is 94.5 Å². The summed E-state index contributed by atoms with van der Waals surface area (Å²) in [6.45, 7) is 11.2. The van der Waals surface area contributed by atoms with E-state index in [1.54, 1.807) is 4.68 Å². The van der Waals surface area contributed by atoms with Crippen LogP contribution in [0.15, 0.2) is 48.7 Å². The number of anilines is 1. The molecule has 3 aromatic heterocycles. The third-order valence-corrected chi connectivity index (χ3v) is 10.4. The lowest BCUT2D eigenvalue weighted by atomic mass is 9.98. The number of aromatic nitrogens is 5. The zero-order valence-corrected chi connectivity index (χ0v) is 29.3. The van der Waals surface area contributed by atoms with Crippen molar-refractivity contribution in [3.8, 4) is 16.9 Å². The number of carbonyl (C=O) groups is 1. The van der Waals surface area contributed by atoms with Crippen LogP contribution < -0.4 is 9.64 Å². The van der Waals surface area contributed by atoms with Crippen LogP contribution in [0.1, 0.15) is 58.0 Å². The molecule has 10 heteroatoms. The predicted molar refractivity (Wildman–Crippen MR) is 190 cm³/mol. The van der Waals surface area contributed by atoms with E-state index in [4.69, 9.17) is 33.0 Å². The molecular formula is C37H38Cl2N6O2. The number of carbonyl (C=O) groups excluding carboxylic acids is 1. The van der Waals surface area contributed by atoms with Gasteiger partial charge in [-0.25, -0.2) is 0 Å². The Morgan fingerprint density at radius 2 is 1.70 bits per heavy atom. The monoisotopic (exact) mass is 668 g/mol. The quantitative estimate of drug-likeness (QED) is 0.160. The van der Waals surface area contributed by atoms with Crippen LogP contribution in [0.25, 0.3) is 32.9 Å². The maximum atomic E-state index is 14.8. The Morgan fingerprint density at radius 1 is 0.957 bits per heavy atom. The van der Waals surface area contributed by atoms with Crippen molar-refractivity contribution in [1.82, 2.24) is 24.1 Å². The lowest BCUT2D eigenvalue weighted by Crippen LogP contribution is -2.42. The van der Waals surface area contributed by atoms with E-state index in [0.29, 0.717) is 30.3 Å². The van der Waals surface area contributed by atoms with Gasteiger partial charge < -0.3 is 14.2 Å². The molecule has 47 heavy (non-hydrogen) atoms. The average molecular weight is 670 g/mol. The second-order valence-corrected chi connectivity index (χ2v) is 13.6. The van der Waals surface area contributed by atoms with Crippen LogP contribution in [-0.4, -0.2) is 43.2 Å². The fourth-order valence-electron chi connectivity index (χ4n) is 7.32. The molecule has 3 aromatic carbocycles. The highest BCUT2D eigenvalue weighted by Gasteiger charge is 2.37. The first-order valence-corrected chi connectivity index (χ1v) is 16.7. The zero-order chi connectivity index (χ0) is 33.3. The van der Waals surface area contributed by atoms with Crippen molar-refractivity contribution in [2.24, 2.45) is 14.1 Å². The predicted octanol–water partition coefficient (Wildman–Crippen LogP) is 8.70. The van der Waals surface area contributed by atoms with Crippen molar-refractivity contribution in [3.05, 3.63) is 92.5 Å². The molecule has 0 radical (unpaired) electrons. The van der Waals surface area contributed by atoms with E-state index in [1.807, 2.05) is 87.0 Å². The lowest BCUT2D eigenvalue weighted by molar-refractivity contribution is 0.0957. The topological polar surface area (TPSA) is 70.1 Å². The largest absolute Gasteiger partial charge is 0.494 e. The third-order valence-electron chi connectivity index (χ3n) is 9.50. The van der Waals surface area contributed by atoms with Gasteiger partial charge in [-0.3, -0.25) is 14.2 Å². The first kappa shape index (κ1) is 31.3. The molecule has 1 aliphatic heterocycles. The van der Waals surface area contributed by atoms with E-state index in [-0.39, 0.29) is 11.9 Å². The van der Waals surface area contributed by atoms with Gasteiger partial charge in [0.2, 0.25) is 0 Å². The first-order valence-electron chi connectivity index (χ1n) is 16.0. The summed E-state index contributed by atoms with van der Waals surface area (Å²) in [4.78, 5) is 16.7. The molecule has 8 nitrogen and oxygen atoms in total. The molecule has 0 saturated carbocycles. The number of fused-ring (bicyclic) bond motifs is 4. The van der Waals surface area contributed by atoms with Crippen LogP contribution in [0, 0.1) is 27.7 Å². The van der Waals surface area contributed by atoms with Crippen molar-refractivity contribution >= 4 is 56.6 Å². The second-order valence-electron chi connectivity index (χ2n) is 12.8.